The van der Waals surface area contributed by atoms with Crippen LogP contribution in [0.25, 0.3) is 0 Å². The van der Waals surface area contributed by atoms with Gasteiger partial charge in [0.1, 0.15) is 30.0 Å². The lowest BCUT2D eigenvalue weighted by Crippen LogP contribution is -2.25. The second kappa shape index (κ2) is 7.80. The summed E-state index contributed by atoms with van der Waals surface area (Å²) >= 11 is 1.72. The van der Waals surface area contributed by atoms with E-state index < -0.39 is 0 Å². The van der Waals surface area contributed by atoms with Crippen LogP contribution in [-0.4, -0.2) is 42.0 Å². The Morgan fingerprint density at radius 2 is 2.08 bits per heavy atom. The number of hydrogen-bond acceptors (Lipinski definition) is 5. The molecule has 26 heavy (non-hydrogen) atoms. The number of fused-ring (bicyclic) bond motifs is 1. The SMILES string of the molecule is C[C@@H]1CCN(CCOc2ccc([C@H]3CSc4cc(O)ccc4O3)cc2)C1. The van der Waals surface area contributed by atoms with Crippen LogP contribution in [0, 0.1) is 5.92 Å². The standard InChI is InChI=1S/C21H25NO3S/c1-15-8-9-22(13-15)10-11-24-18-5-2-16(3-6-18)20-14-26-21-12-17(23)4-7-19(21)25-20/h2-7,12,15,20,23H,8-11,13-14H2,1H3/t15-,20-/m1/s1. The molecule has 138 valence electrons. The van der Waals surface area contributed by atoms with Gasteiger partial charge < -0.3 is 14.6 Å². The molecule has 1 N–H and O–H groups in total. The van der Waals surface area contributed by atoms with Crippen LogP contribution < -0.4 is 9.47 Å². The molecule has 4 nitrogen and oxygen atoms in total. The highest BCUT2D eigenvalue weighted by atomic mass is 32.2. The molecule has 5 heteroatoms. The molecule has 0 bridgehead atoms. The monoisotopic (exact) mass is 371 g/mol. The smallest absolute Gasteiger partial charge is 0.134 e. The van der Waals surface area contributed by atoms with Crippen molar-refractivity contribution in [2.24, 2.45) is 5.92 Å². The zero-order chi connectivity index (χ0) is 17.9. The van der Waals surface area contributed by atoms with Crippen molar-refractivity contribution in [2.75, 3.05) is 32.0 Å². The minimum atomic E-state index is 0.0252. The number of rotatable bonds is 5. The van der Waals surface area contributed by atoms with E-state index in [0.717, 1.165) is 46.8 Å². The average molecular weight is 372 g/mol. The van der Waals surface area contributed by atoms with Crippen molar-refractivity contribution >= 4 is 11.8 Å². The van der Waals surface area contributed by atoms with Crippen molar-refractivity contribution in [1.29, 1.82) is 0 Å². The first-order valence-electron chi connectivity index (χ1n) is 9.25. The minimum absolute atomic E-state index is 0.0252. The molecule has 2 aromatic rings. The van der Waals surface area contributed by atoms with Gasteiger partial charge in [-0.3, -0.25) is 4.90 Å². The number of ether oxygens (including phenoxy) is 2. The fourth-order valence-electron chi connectivity index (χ4n) is 3.52. The first kappa shape index (κ1) is 17.6. The van der Waals surface area contributed by atoms with E-state index in [2.05, 4.69) is 24.0 Å². The molecule has 0 aromatic heterocycles. The first-order chi connectivity index (χ1) is 12.7. The highest BCUT2D eigenvalue weighted by Crippen LogP contribution is 2.42. The van der Waals surface area contributed by atoms with Crippen LogP contribution in [0.1, 0.15) is 25.0 Å². The zero-order valence-corrected chi connectivity index (χ0v) is 15.9. The van der Waals surface area contributed by atoms with Gasteiger partial charge in [0.15, 0.2) is 0 Å². The summed E-state index contributed by atoms with van der Waals surface area (Å²) in [6.45, 7) is 6.43. The fraction of sp³-hybridized carbons (Fsp3) is 0.429. The normalized spacial score (nSPS) is 22.7. The quantitative estimate of drug-likeness (QED) is 0.847. The van der Waals surface area contributed by atoms with E-state index >= 15 is 0 Å². The second-order valence-corrected chi connectivity index (χ2v) is 8.22. The molecule has 0 radical (unpaired) electrons. The maximum atomic E-state index is 9.57. The molecule has 0 aliphatic carbocycles. The number of nitrogens with zero attached hydrogens (tertiary/aromatic N) is 1. The average Bonchev–Trinajstić information content (AvgIpc) is 3.07. The molecule has 2 heterocycles. The molecule has 2 atom stereocenters. The zero-order valence-electron chi connectivity index (χ0n) is 15.1. The van der Waals surface area contributed by atoms with E-state index in [1.54, 1.807) is 23.9 Å². The van der Waals surface area contributed by atoms with Gasteiger partial charge in [-0.25, -0.2) is 0 Å². The van der Waals surface area contributed by atoms with Crippen molar-refractivity contribution < 1.29 is 14.6 Å². The summed E-state index contributed by atoms with van der Waals surface area (Å²) in [5.41, 5.74) is 1.15. The Morgan fingerprint density at radius 3 is 2.85 bits per heavy atom. The summed E-state index contributed by atoms with van der Waals surface area (Å²) in [7, 11) is 0. The summed E-state index contributed by atoms with van der Waals surface area (Å²) in [6, 6.07) is 13.5. The lowest BCUT2D eigenvalue weighted by Gasteiger charge is -2.26. The Labute approximate surface area is 159 Å². The van der Waals surface area contributed by atoms with Crippen molar-refractivity contribution in [1.82, 2.24) is 4.90 Å². The topological polar surface area (TPSA) is 41.9 Å². The molecular weight excluding hydrogens is 346 g/mol. The van der Waals surface area contributed by atoms with E-state index in [4.69, 9.17) is 9.47 Å². The summed E-state index contributed by atoms with van der Waals surface area (Å²) in [5, 5.41) is 9.57. The van der Waals surface area contributed by atoms with Crippen LogP contribution in [0.15, 0.2) is 47.4 Å². The number of hydrogen-bond donors (Lipinski definition) is 1. The summed E-state index contributed by atoms with van der Waals surface area (Å²) < 4.78 is 12.0. The predicted octanol–water partition coefficient (Wildman–Crippen LogP) is 4.34. The van der Waals surface area contributed by atoms with Crippen LogP contribution >= 0.6 is 11.8 Å². The summed E-state index contributed by atoms with van der Waals surface area (Å²) in [5.74, 6) is 3.68. The van der Waals surface area contributed by atoms with E-state index in [-0.39, 0.29) is 11.9 Å². The van der Waals surface area contributed by atoms with Crippen molar-refractivity contribution in [3.8, 4) is 17.2 Å². The molecule has 0 amide bonds. The van der Waals surface area contributed by atoms with Crippen LogP contribution in [-0.2, 0) is 0 Å². The number of benzene rings is 2. The third-order valence-electron chi connectivity index (χ3n) is 5.02. The number of thioether (sulfide) groups is 1. The van der Waals surface area contributed by atoms with Gasteiger partial charge >= 0.3 is 0 Å². The van der Waals surface area contributed by atoms with Gasteiger partial charge in [0.05, 0.1) is 4.90 Å². The molecule has 0 spiro atoms. The largest absolute Gasteiger partial charge is 0.508 e. The molecule has 2 aromatic carbocycles. The van der Waals surface area contributed by atoms with Crippen LogP contribution in [0.5, 0.6) is 17.2 Å². The molecule has 0 unspecified atom stereocenters. The number of phenolic OH excluding ortho intramolecular Hbond substituents is 1. The van der Waals surface area contributed by atoms with Gasteiger partial charge in [0.2, 0.25) is 0 Å². The predicted molar refractivity (Wildman–Crippen MR) is 104 cm³/mol. The fourth-order valence-corrected chi connectivity index (χ4v) is 4.58. The Hall–Kier alpha value is -1.85. The minimum Gasteiger partial charge on any atom is -0.508 e. The molecule has 1 fully saturated rings. The van der Waals surface area contributed by atoms with E-state index in [9.17, 15) is 5.11 Å². The maximum absolute atomic E-state index is 9.57. The van der Waals surface area contributed by atoms with Gasteiger partial charge in [0, 0.05) is 18.8 Å². The first-order valence-corrected chi connectivity index (χ1v) is 10.2. The summed E-state index contributed by atoms with van der Waals surface area (Å²) in [6.07, 6.45) is 1.33. The third-order valence-corrected chi connectivity index (χ3v) is 6.12. The second-order valence-electron chi connectivity index (χ2n) is 7.16. The van der Waals surface area contributed by atoms with Gasteiger partial charge in [-0.05, 0) is 54.8 Å². The van der Waals surface area contributed by atoms with Crippen molar-refractivity contribution in [2.45, 2.75) is 24.3 Å². The number of aromatic hydroxyl groups is 1. The molecule has 0 saturated carbocycles. The molecule has 4 rings (SSSR count). The lowest BCUT2D eigenvalue weighted by molar-refractivity contribution is 0.219. The molecule has 2 aliphatic rings. The van der Waals surface area contributed by atoms with Gasteiger partial charge in [-0.1, -0.05) is 19.1 Å². The van der Waals surface area contributed by atoms with Gasteiger partial charge in [0.25, 0.3) is 0 Å². The van der Waals surface area contributed by atoms with Crippen LogP contribution in [0.2, 0.25) is 0 Å². The highest BCUT2D eigenvalue weighted by molar-refractivity contribution is 7.99. The van der Waals surface area contributed by atoms with Crippen molar-refractivity contribution in [3.63, 3.8) is 0 Å². The Bertz CT molecular complexity index is 749. The van der Waals surface area contributed by atoms with E-state index in [1.807, 2.05) is 18.2 Å². The van der Waals surface area contributed by atoms with Gasteiger partial charge in [-0.15, -0.1) is 11.8 Å². The molecule has 1 saturated heterocycles. The Kier molecular flexibility index (Phi) is 5.27. The Morgan fingerprint density at radius 1 is 1.23 bits per heavy atom. The number of phenols is 1. The third kappa shape index (κ3) is 4.10. The van der Waals surface area contributed by atoms with Gasteiger partial charge in [-0.2, -0.15) is 0 Å². The summed E-state index contributed by atoms with van der Waals surface area (Å²) in [4.78, 5) is 3.47. The molecule has 2 aliphatic heterocycles. The molecular formula is C21H25NO3S. The lowest BCUT2D eigenvalue weighted by atomic mass is 10.1. The number of likely N-dealkylation sites (tertiary alicyclic amines) is 1. The maximum Gasteiger partial charge on any atom is 0.134 e. The van der Waals surface area contributed by atoms with Crippen molar-refractivity contribution in [3.05, 3.63) is 48.0 Å². The van der Waals surface area contributed by atoms with Crippen LogP contribution in [0.4, 0.5) is 0 Å². The Balaban J connectivity index is 1.31. The van der Waals surface area contributed by atoms with E-state index in [1.165, 1.54) is 19.5 Å². The highest BCUT2D eigenvalue weighted by Gasteiger charge is 2.22. The van der Waals surface area contributed by atoms with Crippen LogP contribution in [0.3, 0.4) is 0 Å². The van der Waals surface area contributed by atoms with E-state index in [0.29, 0.717) is 0 Å².